The Labute approximate surface area is 407 Å². The van der Waals surface area contributed by atoms with E-state index in [1.54, 1.807) is 11.8 Å². The number of rotatable bonds is 8. The van der Waals surface area contributed by atoms with Crippen LogP contribution in [0.3, 0.4) is 0 Å². The van der Waals surface area contributed by atoms with Gasteiger partial charge in [0.25, 0.3) is 0 Å². The first-order chi connectivity index (χ1) is 30.7. The summed E-state index contributed by atoms with van der Waals surface area (Å²) >= 11 is 5.78. The van der Waals surface area contributed by atoms with Crippen molar-refractivity contribution in [2.24, 2.45) is 29.6 Å². The van der Waals surface area contributed by atoms with E-state index in [-0.39, 0.29) is 97.6 Å². The molecule has 0 saturated carbocycles. The summed E-state index contributed by atoms with van der Waals surface area (Å²) in [6.07, 6.45) is -0.483. The van der Waals surface area contributed by atoms with Crippen molar-refractivity contribution in [3.8, 4) is 0 Å². The first-order valence-corrected chi connectivity index (χ1v) is 23.9. The summed E-state index contributed by atoms with van der Waals surface area (Å²) in [4.78, 5) is 37.9. The molecule has 3 aromatic carbocycles. The second-order valence-electron chi connectivity index (χ2n) is 18.7. The molecule has 0 amide bonds. The summed E-state index contributed by atoms with van der Waals surface area (Å²) < 4.78 is 50.4. The van der Waals surface area contributed by atoms with Crippen molar-refractivity contribution in [2.75, 3.05) is 25.6 Å². The molecule has 6 fully saturated rings. The van der Waals surface area contributed by atoms with Crippen molar-refractivity contribution in [2.45, 2.75) is 133 Å². The molecule has 11 atom stereocenters. The minimum absolute atomic E-state index is 0. The molecule has 0 aliphatic carbocycles. The monoisotopic (exact) mass is 968 g/mol. The average molecular weight is 969 g/mol. The smallest absolute Gasteiger partial charge is 0.334 e. The predicted molar refractivity (Wildman–Crippen MR) is 259 cm³/mol. The molecule has 66 heavy (non-hydrogen) atoms. The van der Waals surface area contributed by atoms with Gasteiger partial charge in [-0.05, 0) is 77.8 Å². The van der Waals surface area contributed by atoms with Gasteiger partial charge in [0.05, 0.1) is 31.7 Å². The topological polar surface area (TPSA) is 134 Å². The molecule has 12 nitrogen and oxygen atoms in total. The van der Waals surface area contributed by atoms with Gasteiger partial charge in [0.15, 0.2) is 17.4 Å². The van der Waals surface area contributed by atoms with Crippen molar-refractivity contribution >= 4 is 55.8 Å². The molecule has 362 valence electrons. The number of hydrogen-bond acceptors (Lipinski definition) is 14. The van der Waals surface area contributed by atoms with E-state index in [9.17, 15) is 14.4 Å². The van der Waals surface area contributed by atoms with Crippen molar-refractivity contribution < 1.29 is 57.0 Å². The summed E-state index contributed by atoms with van der Waals surface area (Å²) in [5, 5.41) is 0. The van der Waals surface area contributed by atoms with Crippen molar-refractivity contribution in [1.82, 2.24) is 0 Å². The highest BCUT2D eigenvalue weighted by Crippen LogP contribution is 2.40. The lowest BCUT2D eigenvalue weighted by Gasteiger charge is -2.23. The Balaban J connectivity index is 0.000000174. The Kier molecular flexibility index (Phi) is 18.9. The zero-order chi connectivity index (χ0) is 47.1. The Bertz CT molecular complexity index is 2050. The SMILES string of the molecule is C=C1C(=O)OC(C2COC(C)(C)O2)C1C.CC1C(CSc2ccccc2)C(=O)OC1C1COC(C)(C)O1.CC1C(Cc2ccccc2)C(=O)OC1C1COC(C)(C)O1.S.Sc1ccccc1. The number of hydrogen-bond donors (Lipinski definition) is 1. The summed E-state index contributed by atoms with van der Waals surface area (Å²) in [7, 11) is 0. The van der Waals surface area contributed by atoms with Crippen LogP contribution < -0.4 is 0 Å². The van der Waals surface area contributed by atoms with Crippen LogP contribution in [0.5, 0.6) is 0 Å². The summed E-state index contributed by atoms with van der Waals surface area (Å²) in [6.45, 7) is 22.4. The number of ether oxygens (including phenoxy) is 9. The van der Waals surface area contributed by atoms with Gasteiger partial charge in [-0.3, -0.25) is 9.59 Å². The molecular formula is C51H68O12S3. The molecule has 3 aromatic rings. The third-order valence-corrected chi connectivity index (χ3v) is 13.8. The summed E-state index contributed by atoms with van der Waals surface area (Å²) in [6, 6.07) is 30.0. The molecule has 6 aliphatic rings. The maximum absolute atomic E-state index is 12.2. The van der Waals surface area contributed by atoms with Crippen molar-refractivity contribution in [1.29, 1.82) is 0 Å². The molecule has 0 N–H and O–H groups in total. The second-order valence-corrected chi connectivity index (χ2v) is 20.3. The third kappa shape index (κ3) is 14.3. The summed E-state index contributed by atoms with van der Waals surface area (Å²) in [5.41, 5.74) is 1.68. The van der Waals surface area contributed by atoms with Crippen LogP contribution in [0.25, 0.3) is 0 Å². The van der Waals surface area contributed by atoms with Gasteiger partial charge in [-0.25, -0.2) is 4.79 Å². The van der Waals surface area contributed by atoms with Gasteiger partial charge in [-0.15, -0.1) is 24.4 Å². The normalized spacial score (nSPS) is 32.3. The molecule has 6 saturated heterocycles. The van der Waals surface area contributed by atoms with E-state index in [1.807, 2.05) is 127 Å². The molecule has 0 spiro atoms. The molecule has 6 heterocycles. The summed E-state index contributed by atoms with van der Waals surface area (Å²) in [5.74, 6) is -1.53. The maximum Gasteiger partial charge on any atom is 0.334 e. The Morgan fingerprint density at radius 1 is 0.591 bits per heavy atom. The van der Waals surface area contributed by atoms with E-state index < -0.39 is 17.4 Å². The van der Waals surface area contributed by atoms with Gasteiger partial charge >= 0.3 is 17.9 Å². The van der Waals surface area contributed by atoms with Crippen LogP contribution in [0.2, 0.25) is 0 Å². The number of benzene rings is 3. The minimum Gasteiger partial charge on any atom is -0.459 e. The van der Waals surface area contributed by atoms with Crippen LogP contribution in [-0.4, -0.2) is 97.5 Å². The fourth-order valence-electron chi connectivity index (χ4n) is 8.58. The van der Waals surface area contributed by atoms with Crippen molar-refractivity contribution in [3.05, 3.63) is 109 Å². The molecule has 9 rings (SSSR count). The van der Waals surface area contributed by atoms with Gasteiger partial charge in [0, 0.05) is 38.9 Å². The lowest BCUT2D eigenvalue weighted by molar-refractivity contribution is -0.164. The molecule has 15 heteroatoms. The largest absolute Gasteiger partial charge is 0.459 e. The number of carbonyl (C=O) groups excluding carboxylic acids is 3. The number of carbonyl (C=O) groups is 3. The van der Waals surface area contributed by atoms with Crippen LogP contribution in [-0.2, 0) is 63.4 Å². The van der Waals surface area contributed by atoms with Gasteiger partial charge < -0.3 is 42.6 Å². The number of thioether (sulfide) groups is 1. The van der Waals surface area contributed by atoms with Crippen LogP contribution in [0.4, 0.5) is 0 Å². The van der Waals surface area contributed by atoms with Crippen LogP contribution in [0, 0.1) is 29.6 Å². The van der Waals surface area contributed by atoms with Crippen LogP contribution in [0.1, 0.15) is 67.9 Å². The van der Waals surface area contributed by atoms with Gasteiger partial charge in [-0.1, -0.05) is 94.1 Å². The predicted octanol–water partition coefficient (Wildman–Crippen LogP) is 9.01. The van der Waals surface area contributed by atoms with E-state index in [1.165, 1.54) is 4.90 Å². The third-order valence-electron chi connectivity index (χ3n) is 12.4. The molecule has 0 radical (unpaired) electrons. The standard InChI is InChI=1S/C17H22O4S.C17H22O4.C11H16O4.C6H6S.H2S/c1-11-13(10-22-12-7-5-4-6-8-12)16(18)20-15(11)14-9-19-17(2,3)21-14;1-11-13(9-12-7-5-4-6-8-12)16(18)20-15(11)14-10-19-17(2,3)21-14;1-6-7(2)10(12)14-9(6)8-5-13-11(3,4)15-8;7-6-4-2-1-3-5-6;/h4-8,11,13-15H,9-10H2,1-3H3;4-8,11,13-15H,9-10H2,1-3H3;6,8-9H,2,5H2,1,3-4H3;1-5,7H;1H2. The van der Waals surface area contributed by atoms with Gasteiger partial charge in [0.2, 0.25) is 0 Å². The highest BCUT2D eigenvalue weighted by Gasteiger charge is 2.51. The highest BCUT2D eigenvalue weighted by atomic mass is 32.2. The Morgan fingerprint density at radius 3 is 1.39 bits per heavy atom. The number of esters is 3. The molecular weight excluding hydrogens is 901 g/mol. The zero-order valence-electron chi connectivity index (χ0n) is 39.5. The Morgan fingerprint density at radius 2 is 1.00 bits per heavy atom. The number of cyclic esters (lactones) is 3. The molecule has 0 bridgehead atoms. The fourth-order valence-corrected chi connectivity index (χ4v) is 9.91. The fraction of sp³-hybridized carbons (Fsp3) is 0.549. The van der Waals surface area contributed by atoms with Crippen molar-refractivity contribution in [3.63, 3.8) is 0 Å². The first kappa shape index (κ1) is 53.6. The maximum atomic E-state index is 12.2. The lowest BCUT2D eigenvalue weighted by Crippen LogP contribution is -2.35. The molecule has 6 aliphatic heterocycles. The van der Waals surface area contributed by atoms with Crippen LogP contribution in [0.15, 0.2) is 113 Å². The molecule has 0 aromatic heterocycles. The van der Waals surface area contributed by atoms with E-state index in [4.69, 9.17) is 42.6 Å². The zero-order valence-corrected chi connectivity index (χ0v) is 42.2. The van der Waals surface area contributed by atoms with E-state index >= 15 is 0 Å². The van der Waals surface area contributed by atoms with E-state index in [0.29, 0.717) is 31.8 Å². The lowest BCUT2D eigenvalue weighted by atomic mass is 9.85. The van der Waals surface area contributed by atoms with E-state index in [2.05, 4.69) is 45.2 Å². The Hall–Kier alpha value is -3.38. The quantitative estimate of drug-likeness (QED) is 0.0758. The first-order valence-electron chi connectivity index (χ1n) is 22.4. The second kappa shape index (κ2) is 23.3. The van der Waals surface area contributed by atoms with Gasteiger partial charge in [0.1, 0.15) is 36.6 Å². The molecule has 11 unspecified atom stereocenters. The number of thiol groups is 1. The minimum atomic E-state index is -0.590. The van der Waals surface area contributed by atoms with E-state index in [0.717, 1.165) is 16.2 Å². The van der Waals surface area contributed by atoms with Crippen LogP contribution >= 0.6 is 37.9 Å². The average Bonchev–Trinajstić information content (AvgIpc) is 4.10. The highest BCUT2D eigenvalue weighted by molar-refractivity contribution is 7.99. The van der Waals surface area contributed by atoms with Gasteiger partial charge in [-0.2, -0.15) is 13.5 Å².